The molecule has 3 N–H and O–H groups in total. The average Bonchev–Trinajstić information content (AvgIpc) is 1.87. The third kappa shape index (κ3) is 3.69. The van der Waals surface area contributed by atoms with Crippen molar-refractivity contribution in [2.75, 3.05) is 12.4 Å². The smallest absolute Gasteiger partial charge is 0.235 e. The van der Waals surface area contributed by atoms with Gasteiger partial charge in [0.25, 0.3) is 0 Å². The van der Waals surface area contributed by atoms with Crippen molar-refractivity contribution in [3.63, 3.8) is 0 Å². The van der Waals surface area contributed by atoms with Gasteiger partial charge in [0.15, 0.2) is 0 Å². The van der Waals surface area contributed by atoms with Gasteiger partial charge in [-0.15, -0.1) is 11.6 Å². The van der Waals surface area contributed by atoms with E-state index in [0.29, 0.717) is 6.54 Å². The number of rotatable bonds is 3. The molecule has 3 nitrogen and oxygen atoms in total. The standard InChI is InChI=1S/C6H13ClN2O/c1-6(2,4-8)9-5(10)3-7/h3-4,8H2,1-2H3,(H,9,10). The molecule has 0 rings (SSSR count). The first kappa shape index (κ1) is 9.72. The number of nitrogens with one attached hydrogen (secondary N) is 1. The van der Waals surface area contributed by atoms with Crippen LogP contribution in [0.2, 0.25) is 0 Å². The summed E-state index contributed by atoms with van der Waals surface area (Å²) in [4.78, 5) is 10.7. The number of carbonyl (C=O) groups excluding carboxylic acids is 1. The molecule has 0 radical (unpaired) electrons. The van der Waals surface area contributed by atoms with Crippen molar-refractivity contribution >= 4 is 17.5 Å². The molecule has 0 fully saturated rings. The number of carbonyl (C=O) groups is 1. The van der Waals surface area contributed by atoms with Gasteiger partial charge < -0.3 is 11.1 Å². The van der Waals surface area contributed by atoms with E-state index in [1.54, 1.807) is 0 Å². The quantitative estimate of drug-likeness (QED) is 0.581. The highest BCUT2D eigenvalue weighted by Crippen LogP contribution is 1.97. The topological polar surface area (TPSA) is 55.1 Å². The second-order valence-electron chi connectivity index (χ2n) is 2.77. The van der Waals surface area contributed by atoms with Crippen LogP contribution in [0.15, 0.2) is 0 Å². The molecule has 0 aliphatic heterocycles. The summed E-state index contributed by atoms with van der Waals surface area (Å²) in [6.45, 7) is 4.10. The van der Waals surface area contributed by atoms with Gasteiger partial charge in [0.05, 0.1) is 0 Å². The molecule has 0 unspecified atom stereocenters. The van der Waals surface area contributed by atoms with Crippen LogP contribution in [-0.4, -0.2) is 23.9 Å². The molecule has 1 amide bonds. The van der Waals surface area contributed by atoms with E-state index in [9.17, 15) is 4.79 Å². The van der Waals surface area contributed by atoms with Crippen molar-refractivity contribution in [2.45, 2.75) is 19.4 Å². The minimum Gasteiger partial charge on any atom is -0.349 e. The van der Waals surface area contributed by atoms with E-state index in [0.717, 1.165) is 0 Å². The maximum atomic E-state index is 10.7. The molecule has 0 saturated heterocycles. The molecule has 0 aliphatic carbocycles. The molecule has 60 valence electrons. The fourth-order valence-electron chi connectivity index (χ4n) is 0.462. The van der Waals surface area contributed by atoms with Gasteiger partial charge in [-0.2, -0.15) is 0 Å². The van der Waals surface area contributed by atoms with Gasteiger partial charge in [0.1, 0.15) is 5.88 Å². The highest BCUT2D eigenvalue weighted by molar-refractivity contribution is 6.27. The number of halogens is 1. The van der Waals surface area contributed by atoms with Crippen LogP contribution < -0.4 is 11.1 Å². The van der Waals surface area contributed by atoms with Crippen molar-refractivity contribution in [1.29, 1.82) is 0 Å². The zero-order valence-corrected chi connectivity index (χ0v) is 7.03. The lowest BCUT2D eigenvalue weighted by atomic mass is 10.1. The molecule has 0 atom stereocenters. The molecule has 4 heteroatoms. The van der Waals surface area contributed by atoms with E-state index in [-0.39, 0.29) is 17.3 Å². The van der Waals surface area contributed by atoms with Crippen molar-refractivity contribution in [1.82, 2.24) is 5.32 Å². The van der Waals surface area contributed by atoms with E-state index in [1.807, 2.05) is 13.8 Å². The maximum Gasteiger partial charge on any atom is 0.235 e. The Morgan fingerprint density at radius 2 is 2.20 bits per heavy atom. The second kappa shape index (κ2) is 3.78. The van der Waals surface area contributed by atoms with E-state index in [2.05, 4.69) is 5.32 Å². The predicted octanol–water partition coefficient (Wildman–Crippen LogP) is 0.0787. The summed E-state index contributed by atoms with van der Waals surface area (Å²) >= 11 is 5.26. The lowest BCUT2D eigenvalue weighted by molar-refractivity contribution is -0.120. The molecule has 0 saturated carbocycles. The second-order valence-corrected chi connectivity index (χ2v) is 3.04. The summed E-state index contributed by atoms with van der Waals surface area (Å²) in [5, 5.41) is 2.66. The van der Waals surface area contributed by atoms with Crippen LogP contribution in [0.5, 0.6) is 0 Å². The highest BCUT2D eigenvalue weighted by Gasteiger charge is 2.16. The fourth-order valence-corrected chi connectivity index (χ4v) is 0.529. The zero-order chi connectivity index (χ0) is 8.20. The third-order valence-corrected chi connectivity index (χ3v) is 1.35. The Labute approximate surface area is 65.9 Å². The van der Waals surface area contributed by atoms with E-state index >= 15 is 0 Å². The molecule has 10 heavy (non-hydrogen) atoms. The first-order valence-corrected chi connectivity index (χ1v) is 3.62. The number of hydrogen-bond donors (Lipinski definition) is 2. The van der Waals surface area contributed by atoms with Gasteiger partial charge in [-0.25, -0.2) is 0 Å². The van der Waals surface area contributed by atoms with Gasteiger partial charge in [-0.3, -0.25) is 4.79 Å². The Morgan fingerprint density at radius 3 is 2.50 bits per heavy atom. The monoisotopic (exact) mass is 164 g/mol. The summed E-state index contributed by atoms with van der Waals surface area (Å²) in [5.41, 5.74) is 5.01. The fraction of sp³-hybridized carbons (Fsp3) is 0.833. The van der Waals surface area contributed by atoms with Gasteiger partial charge in [-0.05, 0) is 13.8 Å². The van der Waals surface area contributed by atoms with E-state index in [1.165, 1.54) is 0 Å². The van der Waals surface area contributed by atoms with Gasteiger partial charge >= 0.3 is 0 Å². The molecular weight excluding hydrogens is 152 g/mol. The molecule has 0 aromatic heterocycles. The summed E-state index contributed by atoms with van der Waals surface area (Å²) in [6, 6.07) is 0. The lowest BCUT2D eigenvalue weighted by Crippen LogP contribution is -2.49. The summed E-state index contributed by atoms with van der Waals surface area (Å²) in [6.07, 6.45) is 0. The Balaban J connectivity index is 3.76. The molecule has 0 bridgehead atoms. The van der Waals surface area contributed by atoms with Crippen LogP contribution in [0.1, 0.15) is 13.8 Å². The average molecular weight is 165 g/mol. The van der Waals surface area contributed by atoms with Crippen molar-refractivity contribution in [3.8, 4) is 0 Å². The number of alkyl halides is 1. The normalized spacial score (nSPS) is 11.2. The van der Waals surface area contributed by atoms with Crippen molar-refractivity contribution in [3.05, 3.63) is 0 Å². The SMILES string of the molecule is CC(C)(CN)NC(=O)CCl. The van der Waals surface area contributed by atoms with Crippen molar-refractivity contribution in [2.24, 2.45) is 5.73 Å². The minimum atomic E-state index is -0.341. The third-order valence-electron chi connectivity index (χ3n) is 1.11. The largest absolute Gasteiger partial charge is 0.349 e. The van der Waals surface area contributed by atoms with E-state index < -0.39 is 0 Å². The Bertz CT molecular complexity index is 125. The van der Waals surface area contributed by atoms with Crippen LogP contribution in [0, 0.1) is 0 Å². The predicted molar refractivity (Wildman–Crippen MR) is 42.0 cm³/mol. The minimum absolute atomic E-state index is 0.0105. The zero-order valence-electron chi connectivity index (χ0n) is 6.28. The molecule has 0 aromatic carbocycles. The molecular formula is C6H13ClN2O. The van der Waals surface area contributed by atoms with Crippen LogP contribution in [0.4, 0.5) is 0 Å². The number of hydrogen-bond acceptors (Lipinski definition) is 2. The van der Waals surface area contributed by atoms with Gasteiger partial charge in [-0.1, -0.05) is 0 Å². The van der Waals surface area contributed by atoms with Crippen LogP contribution in [-0.2, 0) is 4.79 Å². The lowest BCUT2D eigenvalue weighted by Gasteiger charge is -2.23. The first-order valence-electron chi connectivity index (χ1n) is 3.09. The van der Waals surface area contributed by atoms with Crippen molar-refractivity contribution < 1.29 is 4.79 Å². The van der Waals surface area contributed by atoms with Gasteiger partial charge in [0, 0.05) is 12.1 Å². The molecule has 0 spiro atoms. The molecule has 0 heterocycles. The van der Waals surface area contributed by atoms with Gasteiger partial charge in [0.2, 0.25) is 5.91 Å². The summed E-state index contributed by atoms with van der Waals surface area (Å²) < 4.78 is 0. The van der Waals surface area contributed by atoms with E-state index in [4.69, 9.17) is 17.3 Å². The molecule has 0 aromatic rings. The van der Waals surface area contributed by atoms with Crippen LogP contribution >= 0.6 is 11.6 Å². The van der Waals surface area contributed by atoms with Crippen LogP contribution in [0.3, 0.4) is 0 Å². The summed E-state index contributed by atoms with van der Waals surface area (Å²) in [5.74, 6) is -0.194. The molecule has 0 aliphatic rings. The Kier molecular flexibility index (Phi) is 3.68. The highest BCUT2D eigenvalue weighted by atomic mass is 35.5. The number of nitrogens with two attached hydrogens (primary N) is 1. The Hall–Kier alpha value is -0.280. The Morgan fingerprint density at radius 1 is 1.70 bits per heavy atom. The summed E-state index contributed by atoms with van der Waals surface area (Å²) in [7, 11) is 0. The maximum absolute atomic E-state index is 10.7. The first-order chi connectivity index (χ1) is 4.52. The number of amides is 1. The van der Waals surface area contributed by atoms with Crippen LogP contribution in [0.25, 0.3) is 0 Å².